The van der Waals surface area contributed by atoms with E-state index in [0.29, 0.717) is 17.9 Å². The quantitative estimate of drug-likeness (QED) is 0.651. The van der Waals surface area contributed by atoms with Crippen molar-refractivity contribution in [2.45, 2.75) is 88.7 Å². The molecule has 0 radical (unpaired) electrons. The predicted octanol–water partition coefficient (Wildman–Crippen LogP) is 4.86. The lowest BCUT2D eigenvalue weighted by Gasteiger charge is -2.57. The maximum absolute atomic E-state index is 11.8. The zero-order chi connectivity index (χ0) is 22.9. The molecule has 0 unspecified atom stereocenters. The van der Waals surface area contributed by atoms with Gasteiger partial charge in [0, 0.05) is 12.5 Å². The van der Waals surface area contributed by atoms with Gasteiger partial charge < -0.3 is 5.11 Å². The standard InChI is InChI=1S/C26H40N2O3S/c1-17(15-28-16-19(14-27-28)32(4,30)31)23-7-8-24-22-6-5-18-13-25(2,29)11-9-20(18)21(22)10-12-26(23,24)3/h14,16,18,20-24,29H,1,5-13,15H2,2-4H3/t18-,20-,21+,22+,23+,24-,25+,26+/m0/s1. The second-order valence-corrected chi connectivity index (χ2v) is 14.2. The number of aromatic nitrogens is 2. The van der Waals surface area contributed by atoms with Crippen LogP contribution < -0.4 is 0 Å². The molecule has 4 saturated carbocycles. The van der Waals surface area contributed by atoms with Gasteiger partial charge in [-0.3, -0.25) is 4.68 Å². The SMILES string of the molecule is C=C(Cn1cc(S(C)(=O)=O)cn1)[C@H]1CC[C@H]2[C@@H]3CC[C@H]4C[C@](C)(O)CC[C@@H]4[C@H]3CC[C@]12C. The number of hydrogen-bond acceptors (Lipinski definition) is 4. The van der Waals surface area contributed by atoms with E-state index in [1.54, 1.807) is 10.9 Å². The van der Waals surface area contributed by atoms with Gasteiger partial charge in [0.2, 0.25) is 0 Å². The summed E-state index contributed by atoms with van der Waals surface area (Å²) in [7, 11) is -3.23. The summed E-state index contributed by atoms with van der Waals surface area (Å²) < 4.78 is 25.4. The zero-order valence-electron chi connectivity index (χ0n) is 20.0. The highest BCUT2D eigenvalue weighted by atomic mass is 32.2. The van der Waals surface area contributed by atoms with Gasteiger partial charge >= 0.3 is 0 Å². The normalized spacial score (nSPS) is 43.9. The number of rotatable bonds is 4. The van der Waals surface area contributed by atoms with Crippen LogP contribution in [0.3, 0.4) is 0 Å². The van der Waals surface area contributed by atoms with Crippen molar-refractivity contribution in [1.29, 1.82) is 0 Å². The van der Waals surface area contributed by atoms with Crippen LogP contribution in [-0.4, -0.2) is 35.2 Å². The van der Waals surface area contributed by atoms with Crippen molar-refractivity contribution in [3.63, 3.8) is 0 Å². The summed E-state index contributed by atoms with van der Waals surface area (Å²) >= 11 is 0. The number of fused-ring (bicyclic) bond motifs is 5. The van der Waals surface area contributed by atoms with Crippen LogP contribution in [0.4, 0.5) is 0 Å². The van der Waals surface area contributed by atoms with Crippen molar-refractivity contribution < 1.29 is 13.5 Å². The lowest BCUT2D eigenvalue weighted by atomic mass is 9.49. The van der Waals surface area contributed by atoms with Crippen LogP contribution in [0.25, 0.3) is 0 Å². The van der Waals surface area contributed by atoms with Crippen molar-refractivity contribution in [3.05, 3.63) is 24.5 Å². The van der Waals surface area contributed by atoms with Crippen molar-refractivity contribution in [2.24, 2.45) is 40.9 Å². The van der Waals surface area contributed by atoms with Gasteiger partial charge in [-0.1, -0.05) is 19.1 Å². The first-order valence-electron chi connectivity index (χ1n) is 12.6. The Morgan fingerprint density at radius 1 is 1.12 bits per heavy atom. The molecule has 4 fully saturated rings. The lowest BCUT2D eigenvalue weighted by Crippen LogP contribution is -2.50. The molecular formula is C26H40N2O3S. The van der Waals surface area contributed by atoms with Gasteiger partial charge in [0.15, 0.2) is 9.84 Å². The van der Waals surface area contributed by atoms with E-state index in [4.69, 9.17) is 0 Å². The number of sulfone groups is 1. The fraction of sp³-hybridized carbons (Fsp3) is 0.808. The van der Waals surface area contributed by atoms with E-state index in [1.165, 1.54) is 63.0 Å². The molecule has 4 aliphatic carbocycles. The zero-order valence-corrected chi connectivity index (χ0v) is 20.8. The van der Waals surface area contributed by atoms with Crippen molar-refractivity contribution in [2.75, 3.05) is 6.26 Å². The van der Waals surface area contributed by atoms with Gasteiger partial charge in [0.25, 0.3) is 0 Å². The molecule has 0 saturated heterocycles. The third kappa shape index (κ3) is 3.79. The molecule has 0 amide bonds. The van der Waals surface area contributed by atoms with Crippen LogP contribution in [-0.2, 0) is 16.4 Å². The lowest BCUT2D eigenvalue weighted by molar-refractivity contribution is -0.0979. The maximum atomic E-state index is 11.8. The Bertz CT molecular complexity index is 996. The summed E-state index contributed by atoms with van der Waals surface area (Å²) in [5.41, 5.74) is 1.06. The Morgan fingerprint density at radius 3 is 2.59 bits per heavy atom. The smallest absolute Gasteiger partial charge is 0.178 e. The first-order chi connectivity index (χ1) is 15.0. The van der Waals surface area contributed by atoms with Gasteiger partial charge in [0.05, 0.1) is 18.3 Å². The van der Waals surface area contributed by atoms with Gasteiger partial charge in [-0.2, -0.15) is 5.10 Å². The molecule has 0 aliphatic heterocycles. The Balaban J connectivity index is 1.30. The minimum atomic E-state index is -3.23. The van der Waals surface area contributed by atoms with Gasteiger partial charge in [-0.25, -0.2) is 8.42 Å². The summed E-state index contributed by atoms with van der Waals surface area (Å²) in [5, 5.41) is 14.9. The van der Waals surface area contributed by atoms with E-state index in [9.17, 15) is 13.5 Å². The predicted molar refractivity (Wildman–Crippen MR) is 126 cm³/mol. The summed E-state index contributed by atoms with van der Waals surface area (Å²) in [5.74, 6) is 4.48. The van der Waals surface area contributed by atoms with Gasteiger partial charge in [0.1, 0.15) is 4.90 Å². The summed E-state index contributed by atoms with van der Waals surface area (Å²) in [4.78, 5) is 0.282. The second-order valence-electron chi connectivity index (χ2n) is 12.2. The summed E-state index contributed by atoms with van der Waals surface area (Å²) in [6.45, 7) is 9.65. The minimum Gasteiger partial charge on any atom is -0.390 e. The van der Waals surface area contributed by atoms with Crippen molar-refractivity contribution >= 4 is 9.84 Å². The highest BCUT2D eigenvalue weighted by Crippen LogP contribution is 2.65. The molecule has 0 spiro atoms. The molecular weight excluding hydrogens is 420 g/mol. The fourth-order valence-electron chi connectivity index (χ4n) is 8.69. The molecule has 1 aromatic rings. The van der Waals surface area contributed by atoms with Crippen molar-refractivity contribution in [3.8, 4) is 0 Å². The summed E-state index contributed by atoms with van der Waals surface area (Å²) in [6.07, 6.45) is 15.2. The number of nitrogens with zero attached hydrogens (tertiary/aromatic N) is 2. The first kappa shape index (κ1) is 22.6. The van der Waals surface area contributed by atoms with Gasteiger partial charge in [-0.15, -0.1) is 0 Å². The Kier molecular flexibility index (Phi) is 5.44. The monoisotopic (exact) mass is 460 g/mol. The van der Waals surface area contributed by atoms with Crippen LogP contribution >= 0.6 is 0 Å². The topological polar surface area (TPSA) is 72.2 Å². The molecule has 6 heteroatoms. The van der Waals surface area contributed by atoms with E-state index in [2.05, 4.69) is 18.6 Å². The Hall–Kier alpha value is -1.14. The second kappa shape index (κ2) is 7.69. The fourth-order valence-corrected chi connectivity index (χ4v) is 9.24. The van der Waals surface area contributed by atoms with Crippen LogP contribution in [0, 0.1) is 40.9 Å². The van der Waals surface area contributed by atoms with Crippen LogP contribution in [0.15, 0.2) is 29.4 Å². The number of allylic oxidation sites excluding steroid dienone is 1. The van der Waals surface area contributed by atoms with Crippen molar-refractivity contribution in [1.82, 2.24) is 9.78 Å². The molecule has 8 atom stereocenters. The van der Waals surface area contributed by atoms with Crippen LogP contribution in [0.1, 0.15) is 71.6 Å². The summed E-state index contributed by atoms with van der Waals surface area (Å²) in [6, 6.07) is 0. The van der Waals surface area contributed by atoms with Crippen LogP contribution in [0.5, 0.6) is 0 Å². The average molecular weight is 461 g/mol. The highest BCUT2D eigenvalue weighted by molar-refractivity contribution is 7.90. The minimum absolute atomic E-state index is 0.282. The van der Waals surface area contributed by atoms with E-state index in [1.807, 2.05) is 6.92 Å². The molecule has 0 bridgehead atoms. The molecule has 4 aliphatic rings. The highest BCUT2D eigenvalue weighted by Gasteiger charge is 2.57. The number of hydrogen-bond donors (Lipinski definition) is 1. The van der Waals surface area contributed by atoms with E-state index >= 15 is 0 Å². The molecule has 1 aromatic heterocycles. The largest absolute Gasteiger partial charge is 0.390 e. The molecule has 1 N–H and O–H groups in total. The molecule has 5 nitrogen and oxygen atoms in total. The van der Waals surface area contributed by atoms with Crippen LogP contribution in [0.2, 0.25) is 0 Å². The van der Waals surface area contributed by atoms with E-state index in [-0.39, 0.29) is 4.90 Å². The molecule has 32 heavy (non-hydrogen) atoms. The Labute approximate surface area is 193 Å². The number of aliphatic hydroxyl groups is 1. The van der Waals surface area contributed by atoms with Gasteiger partial charge in [-0.05, 0) is 106 Å². The first-order valence-corrected chi connectivity index (χ1v) is 14.5. The average Bonchev–Trinajstić information content (AvgIpc) is 3.30. The molecule has 1 heterocycles. The third-order valence-electron chi connectivity index (χ3n) is 10.1. The molecule has 0 aromatic carbocycles. The molecule has 5 rings (SSSR count). The maximum Gasteiger partial charge on any atom is 0.178 e. The third-order valence-corrected chi connectivity index (χ3v) is 11.2. The molecule has 178 valence electrons. The van der Waals surface area contributed by atoms with E-state index < -0.39 is 15.4 Å². The van der Waals surface area contributed by atoms with E-state index in [0.717, 1.165) is 42.4 Å². The Morgan fingerprint density at radius 2 is 1.88 bits per heavy atom.